The van der Waals surface area contributed by atoms with E-state index in [2.05, 4.69) is 19.9 Å². The van der Waals surface area contributed by atoms with Gasteiger partial charge < -0.3 is 13.7 Å². The van der Waals surface area contributed by atoms with Gasteiger partial charge in [-0.3, -0.25) is 0 Å². The molecule has 0 aliphatic carbocycles. The zero-order valence-corrected chi connectivity index (χ0v) is 17.7. The van der Waals surface area contributed by atoms with Crippen molar-refractivity contribution in [3.05, 3.63) is 54.0 Å². The fourth-order valence-electron chi connectivity index (χ4n) is 2.94. The van der Waals surface area contributed by atoms with Crippen LogP contribution in [-0.4, -0.2) is 31.8 Å². The second-order valence-corrected chi connectivity index (χ2v) is 6.98. The minimum absolute atomic E-state index is 0. The molecule has 1 aromatic carbocycles. The predicted molar refractivity (Wildman–Crippen MR) is 107 cm³/mol. The summed E-state index contributed by atoms with van der Waals surface area (Å²) in [4.78, 5) is 8.32. The monoisotopic (exact) mass is 492 g/mol. The van der Waals surface area contributed by atoms with Gasteiger partial charge in [0.1, 0.15) is 11.4 Å². The SMILES string of the molecule is Cc1cnc2ccc(-c3noc(-c4ccc(OC(C)C(F)(F)F)c(C(F)(F)F)c4)n3)cn12.Cl. The highest BCUT2D eigenvalue weighted by Gasteiger charge is 2.41. The third-order valence-electron chi connectivity index (χ3n) is 4.67. The van der Waals surface area contributed by atoms with E-state index in [4.69, 9.17) is 4.52 Å². The highest BCUT2D eigenvalue weighted by molar-refractivity contribution is 5.85. The van der Waals surface area contributed by atoms with Gasteiger partial charge in [-0.2, -0.15) is 31.3 Å². The van der Waals surface area contributed by atoms with Crippen molar-refractivity contribution in [2.45, 2.75) is 32.3 Å². The number of pyridine rings is 1. The summed E-state index contributed by atoms with van der Waals surface area (Å²) in [5, 5.41) is 3.80. The number of ether oxygens (including phenoxy) is 1. The van der Waals surface area contributed by atoms with Crippen molar-refractivity contribution in [3.8, 4) is 28.6 Å². The Hall–Kier alpha value is -3.28. The van der Waals surface area contributed by atoms with Gasteiger partial charge in [0.25, 0.3) is 5.89 Å². The molecule has 13 heteroatoms. The van der Waals surface area contributed by atoms with Gasteiger partial charge in [-0.15, -0.1) is 12.4 Å². The smallest absolute Gasteiger partial charge is 0.425 e. The van der Waals surface area contributed by atoms with E-state index in [1.807, 2.05) is 6.92 Å². The van der Waals surface area contributed by atoms with E-state index in [0.29, 0.717) is 24.2 Å². The Balaban J connectivity index is 0.00000306. The molecule has 3 aromatic heterocycles. The number of imidazole rings is 1. The number of hydrogen-bond acceptors (Lipinski definition) is 5. The predicted octanol–water partition coefficient (Wildman–Crippen LogP) is 6.13. The molecular weight excluding hydrogens is 478 g/mol. The molecule has 0 radical (unpaired) electrons. The Morgan fingerprint density at radius 3 is 2.39 bits per heavy atom. The van der Waals surface area contributed by atoms with Crippen LogP contribution in [0.1, 0.15) is 18.2 Å². The van der Waals surface area contributed by atoms with Crippen LogP contribution >= 0.6 is 12.4 Å². The second kappa shape index (κ2) is 8.58. The molecule has 1 atom stereocenters. The van der Waals surface area contributed by atoms with Crippen LogP contribution in [0.25, 0.3) is 28.5 Å². The Kier molecular flexibility index (Phi) is 6.33. The maximum Gasteiger partial charge on any atom is 0.425 e. The van der Waals surface area contributed by atoms with E-state index in [0.717, 1.165) is 17.8 Å². The summed E-state index contributed by atoms with van der Waals surface area (Å²) in [6.07, 6.45) is -8.85. The van der Waals surface area contributed by atoms with Crippen molar-refractivity contribution in [2.24, 2.45) is 0 Å². The highest BCUT2D eigenvalue weighted by Crippen LogP contribution is 2.40. The van der Waals surface area contributed by atoms with Crippen molar-refractivity contribution in [2.75, 3.05) is 0 Å². The Morgan fingerprint density at radius 1 is 1.03 bits per heavy atom. The van der Waals surface area contributed by atoms with Crippen molar-refractivity contribution in [1.82, 2.24) is 19.5 Å². The molecule has 6 nitrogen and oxygen atoms in total. The van der Waals surface area contributed by atoms with Crippen LogP contribution in [0.15, 0.2) is 47.2 Å². The maximum atomic E-state index is 13.5. The average Bonchev–Trinajstić information content (AvgIpc) is 3.34. The lowest BCUT2D eigenvalue weighted by Crippen LogP contribution is -2.31. The number of aryl methyl sites for hydroxylation is 1. The molecule has 176 valence electrons. The molecular formula is C20H15ClF6N4O2. The zero-order valence-electron chi connectivity index (χ0n) is 16.9. The Morgan fingerprint density at radius 2 is 1.73 bits per heavy atom. The summed E-state index contributed by atoms with van der Waals surface area (Å²) in [7, 11) is 0. The molecule has 0 fully saturated rings. The molecule has 4 rings (SSSR count). The first-order valence-electron chi connectivity index (χ1n) is 9.16. The van der Waals surface area contributed by atoms with Gasteiger partial charge in [0.05, 0.1) is 5.56 Å². The molecule has 0 spiro atoms. The van der Waals surface area contributed by atoms with Gasteiger partial charge in [0, 0.05) is 29.2 Å². The third-order valence-corrected chi connectivity index (χ3v) is 4.67. The number of fused-ring (bicyclic) bond motifs is 1. The van der Waals surface area contributed by atoms with Gasteiger partial charge in [0.2, 0.25) is 5.82 Å². The van der Waals surface area contributed by atoms with E-state index in [1.54, 1.807) is 28.9 Å². The summed E-state index contributed by atoms with van der Waals surface area (Å²) in [5.74, 6) is -1.07. The minimum atomic E-state index is -4.97. The molecule has 0 bridgehead atoms. The quantitative estimate of drug-likeness (QED) is 0.321. The second-order valence-electron chi connectivity index (χ2n) is 6.98. The van der Waals surface area contributed by atoms with Crippen LogP contribution in [0.2, 0.25) is 0 Å². The van der Waals surface area contributed by atoms with Crippen LogP contribution < -0.4 is 4.74 Å². The lowest BCUT2D eigenvalue weighted by atomic mass is 10.1. The van der Waals surface area contributed by atoms with Gasteiger partial charge >= 0.3 is 12.4 Å². The van der Waals surface area contributed by atoms with Crippen molar-refractivity contribution < 1.29 is 35.6 Å². The van der Waals surface area contributed by atoms with E-state index in [1.165, 1.54) is 0 Å². The van der Waals surface area contributed by atoms with Gasteiger partial charge in [-0.05, 0) is 44.2 Å². The number of alkyl halides is 6. The minimum Gasteiger partial charge on any atom is -0.481 e. The van der Waals surface area contributed by atoms with E-state index >= 15 is 0 Å². The molecule has 0 aliphatic rings. The van der Waals surface area contributed by atoms with Crippen molar-refractivity contribution >= 4 is 18.1 Å². The first-order chi connectivity index (χ1) is 14.9. The standard InChI is InChI=1S/C20H14F6N4O2.ClH/c1-10-8-27-16-6-4-13(9-30(10)16)17-28-18(32-29-17)12-3-5-15(14(7-12)20(24,25)26)31-11(2)19(21,22)23;/h3-9,11H,1-2H3;1H. The Bertz CT molecular complexity index is 1280. The van der Waals surface area contributed by atoms with E-state index in [9.17, 15) is 26.3 Å². The third kappa shape index (κ3) is 4.90. The normalized spacial score (nSPS) is 13.1. The molecule has 0 saturated carbocycles. The van der Waals surface area contributed by atoms with Crippen LogP contribution in [-0.2, 0) is 6.18 Å². The van der Waals surface area contributed by atoms with Crippen LogP contribution in [0.3, 0.4) is 0 Å². The van der Waals surface area contributed by atoms with Gasteiger partial charge in [0.15, 0.2) is 6.10 Å². The largest absolute Gasteiger partial charge is 0.481 e. The molecule has 0 amide bonds. The number of hydrogen-bond donors (Lipinski definition) is 0. The molecule has 0 N–H and O–H groups in total. The van der Waals surface area contributed by atoms with Crippen LogP contribution in [0.4, 0.5) is 26.3 Å². The first-order valence-corrected chi connectivity index (χ1v) is 9.16. The number of nitrogens with zero attached hydrogens (tertiary/aromatic N) is 4. The number of aromatic nitrogens is 4. The summed E-state index contributed by atoms with van der Waals surface area (Å²) >= 11 is 0. The summed E-state index contributed by atoms with van der Waals surface area (Å²) in [5.41, 5.74) is 0.561. The van der Waals surface area contributed by atoms with Crippen LogP contribution in [0.5, 0.6) is 5.75 Å². The van der Waals surface area contributed by atoms with E-state index in [-0.39, 0.29) is 29.7 Å². The molecule has 33 heavy (non-hydrogen) atoms. The van der Waals surface area contributed by atoms with Gasteiger partial charge in [-0.1, -0.05) is 5.16 Å². The van der Waals surface area contributed by atoms with Crippen molar-refractivity contribution in [1.29, 1.82) is 0 Å². The molecule has 0 aliphatic heterocycles. The highest BCUT2D eigenvalue weighted by atomic mass is 35.5. The van der Waals surface area contributed by atoms with Crippen molar-refractivity contribution in [3.63, 3.8) is 0 Å². The van der Waals surface area contributed by atoms with Crippen LogP contribution in [0, 0.1) is 6.92 Å². The maximum absolute atomic E-state index is 13.5. The molecule has 1 unspecified atom stereocenters. The lowest BCUT2D eigenvalue weighted by Gasteiger charge is -2.20. The topological polar surface area (TPSA) is 65.5 Å². The first kappa shape index (κ1) is 24.4. The molecule has 3 heterocycles. The average molecular weight is 493 g/mol. The van der Waals surface area contributed by atoms with E-state index < -0.39 is 29.8 Å². The zero-order chi connectivity index (χ0) is 23.3. The number of rotatable bonds is 4. The lowest BCUT2D eigenvalue weighted by molar-refractivity contribution is -0.191. The summed E-state index contributed by atoms with van der Waals surface area (Å²) in [6.45, 7) is 2.46. The Labute approximate surface area is 188 Å². The fourth-order valence-corrected chi connectivity index (χ4v) is 2.94. The summed E-state index contributed by atoms with van der Waals surface area (Å²) in [6, 6.07) is 5.92. The molecule has 4 aromatic rings. The number of halogens is 7. The number of benzene rings is 1. The fraction of sp³-hybridized carbons (Fsp3) is 0.250. The van der Waals surface area contributed by atoms with Gasteiger partial charge in [-0.25, -0.2) is 4.98 Å². The summed E-state index contributed by atoms with van der Waals surface area (Å²) < 4.78 is 90.0. The molecule has 0 saturated heterocycles.